The molecule has 4 rings (SSSR count). The maximum absolute atomic E-state index is 13.1. The van der Waals surface area contributed by atoms with Crippen LogP contribution >= 0.6 is 0 Å². The number of ether oxygens (including phenoxy) is 4. The van der Waals surface area contributed by atoms with Gasteiger partial charge in [-0.15, -0.1) is 0 Å². The Hall–Kier alpha value is -3.92. The highest BCUT2D eigenvalue weighted by Gasteiger charge is 2.40. The third-order valence-electron chi connectivity index (χ3n) is 6.14. The van der Waals surface area contributed by atoms with Crippen molar-refractivity contribution in [2.75, 3.05) is 35.0 Å². The molecule has 10 nitrogen and oxygen atoms in total. The highest BCUT2D eigenvalue weighted by atomic mass is 16.5. The summed E-state index contributed by atoms with van der Waals surface area (Å²) in [7, 11) is 6.31. The van der Waals surface area contributed by atoms with Crippen LogP contribution in [0.4, 0.5) is 0 Å². The highest BCUT2D eigenvalue weighted by molar-refractivity contribution is 5.89. The minimum atomic E-state index is -0.406. The molecule has 0 radical (unpaired) electrons. The van der Waals surface area contributed by atoms with E-state index in [-0.39, 0.29) is 24.4 Å². The largest absolute Gasteiger partial charge is 0.493 e. The first-order valence-corrected chi connectivity index (χ1v) is 11.2. The van der Waals surface area contributed by atoms with Crippen LogP contribution in [0.1, 0.15) is 23.6 Å². The lowest BCUT2D eigenvalue weighted by Crippen LogP contribution is -2.50. The standard InChI is InChI=1S/C25H30N4O6/c1-32-20-7-5-16(11-22(20)34-3)14-26-24(30)15-28-9-10-29-19(25(28)31)13-18(27-29)17-6-8-21(33-2)23(12-17)35-4/h5-12,18-19,27H,13-15H2,1-4H3,(H,26,30). The number of rotatable bonds is 9. The normalized spacial score (nSPS) is 18.8. The number of nitrogens with one attached hydrogen (secondary N) is 2. The van der Waals surface area contributed by atoms with Crippen molar-refractivity contribution in [2.24, 2.45) is 0 Å². The number of hydrazine groups is 1. The summed E-state index contributed by atoms with van der Waals surface area (Å²) in [6, 6.07) is 10.7. The third kappa shape index (κ3) is 5.12. The molecular formula is C25H30N4O6. The van der Waals surface area contributed by atoms with Crippen LogP contribution in [-0.2, 0) is 16.1 Å². The van der Waals surface area contributed by atoms with Gasteiger partial charge in [0, 0.05) is 18.9 Å². The molecule has 1 fully saturated rings. The lowest BCUT2D eigenvalue weighted by atomic mass is 10.0. The summed E-state index contributed by atoms with van der Waals surface area (Å²) < 4.78 is 21.2. The molecule has 2 atom stereocenters. The lowest BCUT2D eigenvalue weighted by molar-refractivity contribution is -0.138. The van der Waals surface area contributed by atoms with E-state index >= 15 is 0 Å². The quantitative estimate of drug-likeness (QED) is 0.560. The predicted molar refractivity (Wildman–Crippen MR) is 128 cm³/mol. The average Bonchev–Trinajstić information content (AvgIpc) is 3.33. The second-order valence-electron chi connectivity index (χ2n) is 8.19. The number of amides is 2. The van der Waals surface area contributed by atoms with Crippen LogP contribution in [-0.4, -0.2) is 62.7 Å². The summed E-state index contributed by atoms with van der Waals surface area (Å²) in [5, 5.41) is 4.65. The number of hydrogen-bond donors (Lipinski definition) is 2. The monoisotopic (exact) mass is 482 g/mol. The number of carbonyl (C=O) groups is 2. The molecule has 0 aliphatic carbocycles. The fraction of sp³-hybridized carbons (Fsp3) is 0.360. The van der Waals surface area contributed by atoms with Crippen LogP contribution in [0.3, 0.4) is 0 Å². The molecule has 2 aliphatic heterocycles. The van der Waals surface area contributed by atoms with Crippen molar-refractivity contribution in [3.63, 3.8) is 0 Å². The highest BCUT2D eigenvalue weighted by Crippen LogP contribution is 2.35. The maximum atomic E-state index is 13.1. The average molecular weight is 483 g/mol. The van der Waals surface area contributed by atoms with E-state index in [0.717, 1.165) is 11.1 Å². The molecule has 2 aromatic carbocycles. The van der Waals surface area contributed by atoms with Gasteiger partial charge in [0.05, 0.1) is 34.5 Å². The fourth-order valence-electron chi connectivity index (χ4n) is 4.26. The molecular weight excluding hydrogens is 452 g/mol. The Morgan fingerprint density at radius 2 is 1.60 bits per heavy atom. The maximum Gasteiger partial charge on any atom is 0.251 e. The van der Waals surface area contributed by atoms with E-state index in [1.807, 2.05) is 24.3 Å². The number of hydrogen-bond acceptors (Lipinski definition) is 8. The van der Waals surface area contributed by atoms with Crippen LogP contribution in [0.5, 0.6) is 23.0 Å². The molecule has 10 heteroatoms. The van der Waals surface area contributed by atoms with E-state index in [4.69, 9.17) is 18.9 Å². The van der Waals surface area contributed by atoms with Gasteiger partial charge in [-0.3, -0.25) is 9.59 Å². The summed E-state index contributed by atoms with van der Waals surface area (Å²) in [4.78, 5) is 27.1. The summed E-state index contributed by atoms with van der Waals surface area (Å²) in [5.74, 6) is 2.09. The minimum absolute atomic E-state index is 0.0615. The zero-order valence-corrected chi connectivity index (χ0v) is 20.2. The SMILES string of the molecule is COc1ccc(CNC(=O)CN2C=CN3NC(c4ccc(OC)c(OC)c4)CC3C2=O)cc1OC. The molecule has 0 saturated carbocycles. The second kappa shape index (κ2) is 10.6. The van der Waals surface area contributed by atoms with Gasteiger partial charge in [0.25, 0.3) is 5.91 Å². The summed E-state index contributed by atoms with van der Waals surface area (Å²) >= 11 is 0. The van der Waals surface area contributed by atoms with E-state index in [0.29, 0.717) is 36.0 Å². The number of nitrogens with zero attached hydrogens (tertiary/aromatic N) is 2. The van der Waals surface area contributed by atoms with Gasteiger partial charge >= 0.3 is 0 Å². The van der Waals surface area contributed by atoms with E-state index in [2.05, 4.69) is 10.7 Å². The van der Waals surface area contributed by atoms with Crippen molar-refractivity contribution >= 4 is 11.8 Å². The first kappa shape index (κ1) is 24.2. The van der Waals surface area contributed by atoms with Gasteiger partial charge in [0.2, 0.25) is 5.91 Å². The third-order valence-corrected chi connectivity index (χ3v) is 6.14. The van der Waals surface area contributed by atoms with Crippen molar-refractivity contribution in [2.45, 2.75) is 25.0 Å². The molecule has 2 N–H and O–H groups in total. The smallest absolute Gasteiger partial charge is 0.251 e. The molecule has 2 aliphatic rings. The molecule has 2 heterocycles. The van der Waals surface area contributed by atoms with Gasteiger partial charge < -0.3 is 34.2 Å². The van der Waals surface area contributed by atoms with Crippen LogP contribution in [0.15, 0.2) is 48.8 Å². The fourth-order valence-corrected chi connectivity index (χ4v) is 4.26. The van der Waals surface area contributed by atoms with Crippen molar-refractivity contribution in [3.05, 3.63) is 59.9 Å². The van der Waals surface area contributed by atoms with E-state index in [1.54, 1.807) is 58.0 Å². The van der Waals surface area contributed by atoms with Crippen molar-refractivity contribution < 1.29 is 28.5 Å². The topological polar surface area (TPSA) is 102 Å². The molecule has 1 saturated heterocycles. The van der Waals surface area contributed by atoms with Gasteiger partial charge in [0.15, 0.2) is 23.0 Å². The van der Waals surface area contributed by atoms with Crippen molar-refractivity contribution in [1.82, 2.24) is 20.7 Å². The van der Waals surface area contributed by atoms with Gasteiger partial charge in [-0.05, 0) is 41.8 Å². The number of fused-ring (bicyclic) bond motifs is 1. The van der Waals surface area contributed by atoms with Gasteiger partial charge in [0.1, 0.15) is 12.6 Å². The van der Waals surface area contributed by atoms with Crippen molar-refractivity contribution in [1.29, 1.82) is 0 Å². The molecule has 186 valence electrons. The Morgan fingerprint density at radius 1 is 0.943 bits per heavy atom. The summed E-state index contributed by atoms with van der Waals surface area (Å²) in [6.07, 6.45) is 3.97. The molecule has 0 spiro atoms. The number of benzene rings is 2. The summed E-state index contributed by atoms with van der Waals surface area (Å²) in [5.41, 5.74) is 5.19. The van der Waals surface area contributed by atoms with E-state index in [9.17, 15) is 9.59 Å². The zero-order chi connectivity index (χ0) is 24.9. The Labute approximate surface area is 204 Å². The van der Waals surface area contributed by atoms with Gasteiger partial charge in [-0.2, -0.15) is 0 Å². The second-order valence-corrected chi connectivity index (χ2v) is 8.19. The molecule has 0 bridgehead atoms. The summed E-state index contributed by atoms with van der Waals surface area (Å²) in [6.45, 7) is 0.247. The zero-order valence-electron chi connectivity index (χ0n) is 20.2. The van der Waals surface area contributed by atoms with Crippen LogP contribution < -0.4 is 29.7 Å². The first-order valence-electron chi connectivity index (χ1n) is 11.2. The molecule has 0 aromatic heterocycles. The Balaban J connectivity index is 1.35. The molecule has 35 heavy (non-hydrogen) atoms. The minimum Gasteiger partial charge on any atom is -0.493 e. The first-order chi connectivity index (χ1) is 17.0. The van der Waals surface area contributed by atoms with Crippen LogP contribution in [0, 0.1) is 0 Å². The van der Waals surface area contributed by atoms with Gasteiger partial charge in [-0.1, -0.05) is 12.1 Å². The molecule has 2 unspecified atom stereocenters. The van der Waals surface area contributed by atoms with E-state index in [1.165, 1.54) is 4.90 Å². The molecule has 2 amide bonds. The Bertz CT molecular complexity index is 1120. The van der Waals surface area contributed by atoms with Crippen LogP contribution in [0.2, 0.25) is 0 Å². The number of methoxy groups -OCH3 is 4. The Kier molecular flexibility index (Phi) is 7.31. The van der Waals surface area contributed by atoms with Gasteiger partial charge in [-0.25, -0.2) is 5.43 Å². The molecule has 2 aromatic rings. The predicted octanol–water partition coefficient (Wildman–Crippen LogP) is 1.97. The van der Waals surface area contributed by atoms with Crippen LogP contribution in [0.25, 0.3) is 0 Å². The number of carbonyl (C=O) groups excluding carboxylic acids is 2. The lowest BCUT2D eigenvalue weighted by Gasteiger charge is -2.31. The van der Waals surface area contributed by atoms with Crippen molar-refractivity contribution in [3.8, 4) is 23.0 Å². The Morgan fingerprint density at radius 3 is 2.29 bits per heavy atom. The van der Waals surface area contributed by atoms with E-state index < -0.39 is 6.04 Å².